The Balaban J connectivity index is 0.000000160. The van der Waals surface area contributed by atoms with E-state index in [1.165, 1.54) is 29.0 Å². The van der Waals surface area contributed by atoms with Gasteiger partial charge in [-0.25, -0.2) is 9.52 Å². The molecular formula is C52H45Cl4N5O12S. The van der Waals surface area contributed by atoms with E-state index in [-0.39, 0.29) is 78.2 Å². The van der Waals surface area contributed by atoms with Crippen molar-refractivity contribution in [3.05, 3.63) is 139 Å². The van der Waals surface area contributed by atoms with E-state index in [1.807, 2.05) is 0 Å². The van der Waals surface area contributed by atoms with Gasteiger partial charge in [-0.15, -0.1) is 0 Å². The number of ether oxygens (including phenoxy) is 2. The zero-order valence-corrected chi connectivity index (χ0v) is 42.8. The molecule has 3 N–H and O–H groups in total. The minimum Gasteiger partial charge on any atom is -0.478 e. The predicted molar refractivity (Wildman–Crippen MR) is 272 cm³/mol. The number of anilines is 2. The van der Waals surface area contributed by atoms with Gasteiger partial charge in [0.2, 0.25) is 11.8 Å². The van der Waals surface area contributed by atoms with E-state index in [2.05, 4.69) is 10.3 Å². The number of hydrogen-bond donors (Lipinski definition) is 3. The van der Waals surface area contributed by atoms with E-state index in [9.17, 15) is 27.6 Å². The second-order valence-corrected chi connectivity index (χ2v) is 22.2. The zero-order valence-electron chi connectivity index (χ0n) is 39.0. The van der Waals surface area contributed by atoms with Gasteiger partial charge in [-0.3, -0.25) is 18.9 Å². The van der Waals surface area contributed by atoms with E-state index in [4.69, 9.17) is 74.6 Å². The van der Waals surface area contributed by atoms with Crippen molar-refractivity contribution in [3.63, 3.8) is 0 Å². The SMILES string of the molecule is O=C(NS(=O)(=O)O)c1ccc(N2C(=O)[C@@H]3C[C@H]2C[C@H]3OCc2c(-c3c(Cl)cccc3Cl)noc2C2CC2)cc1.O=C(O)c1ccc(N2C(=O)[C@@H]3C[C@H]2C[C@H]3OCc2c(-c3c(Cl)cccc3Cl)noc2C2CC2)cc1. The van der Waals surface area contributed by atoms with Crippen molar-refractivity contribution in [2.45, 2.75) is 101 Å². The Hall–Kier alpha value is -5.83. The molecule has 4 saturated carbocycles. The Morgan fingerprint density at radius 2 is 1.01 bits per heavy atom. The highest BCUT2D eigenvalue weighted by molar-refractivity contribution is 7.84. The number of aromatic nitrogens is 2. The smallest absolute Gasteiger partial charge is 0.359 e. The fraction of sp³-hybridized carbons (Fsp3) is 0.346. The van der Waals surface area contributed by atoms with Crippen LogP contribution in [0.15, 0.2) is 94.0 Å². The number of benzene rings is 4. The fourth-order valence-electron chi connectivity index (χ4n) is 10.8. The molecule has 74 heavy (non-hydrogen) atoms. The normalized spacial score (nSPS) is 22.9. The number of aromatic carboxylic acids is 1. The van der Waals surface area contributed by atoms with Crippen LogP contribution in [0.2, 0.25) is 20.1 Å². The molecule has 4 heterocycles. The molecule has 12 rings (SSSR count). The molecule has 2 aromatic heterocycles. The average molecular weight is 1110 g/mol. The second kappa shape index (κ2) is 20.0. The first kappa shape index (κ1) is 50.3. The van der Waals surface area contributed by atoms with Crippen molar-refractivity contribution in [2.75, 3.05) is 9.80 Å². The van der Waals surface area contributed by atoms with Gasteiger partial charge in [0, 0.05) is 63.1 Å². The van der Waals surface area contributed by atoms with Crippen LogP contribution >= 0.6 is 46.4 Å². The molecule has 2 saturated heterocycles. The molecule has 384 valence electrons. The first-order valence-electron chi connectivity index (χ1n) is 24.0. The predicted octanol–water partition coefficient (Wildman–Crippen LogP) is 10.7. The van der Waals surface area contributed by atoms with Gasteiger partial charge in [0.1, 0.15) is 22.9 Å². The van der Waals surface area contributed by atoms with Crippen LogP contribution in [0.3, 0.4) is 0 Å². The lowest BCUT2D eigenvalue weighted by Gasteiger charge is -2.31. The number of nitrogens with zero attached hydrogens (tertiary/aromatic N) is 4. The van der Waals surface area contributed by atoms with Crippen LogP contribution in [0.25, 0.3) is 22.5 Å². The Morgan fingerprint density at radius 1 is 0.622 bits per heavy atom. The molecule has 4 bridgehead atoms. The van der Waals surface area contributed by atoms with Crippen LogP contribution in [0.4, 0.5) is 11.4 Å². The third kappa shape index (κ3) is 9.82. The van der Waals surface area contributed by atoms with Crippen molar-refractivity contribution in [2.24, 2.45) is 11.8 Å². The number of carbonyl (C=O) groups is 4. The molecule has 22 heteroatoms. The van der Waals surface area contributed by atoms with Gasteiger partial charge >= 0.3 is 16.3 Å². The Morgan fingerprint density at radius 3 is 1.36 bits per heavy atom. The van der Waals surface area contributed by atoms with E-state index >= 15 is 0 Å². The van der Waals surface area contributed by atoms with E-state index in [1.54, 1.807) is 70.5 Å². The second-order valence-electron chi connectivity index (χ2n) is 19.4. The van der Waals surface area contributed by atoms with E-state index in [0.717, 1.165) is 54.0 Å². The molecule has 6 aliphatic rings. The first-order valence-corrected chi connectivity index (χ1v) is 27.0. The summed E-state index contributed by atoms with van der Waals surface area (Å²) >= 11 is 25.8. The number of fused-ring (bicyclic) bond motifs is 4. The number of amides is 3. The number of nitrogens with one attached hydrogen (secondary N) is 1. The quantitative estimate of drug-likeness (QED) is 0.0812. The molecule has 3 amide bonds. The summed E-state index contributed by atoms with van der Waals surface area (Å²) in [4.78, 5) is 53.0. The lowest BCUT2D eigenvalue weighted by Crippen LogP contribution is -2.43. The summed E-state index contributed by atoms with van der Waals surface area (Å²) in [6, 6.07) is 22.9. The summed E-state index contributed by atoms with van der Waals surface area (Å²) in [7, 11) is -4.67. The zero-order chi connectivity index (χ0) is 51.7. The average Bonchev–Trinajstić information content (AvgIpc) is 4.10. The topological polar surface area (TPSA) is 232 Å². The van der Waals surface area contributed by atoms with Crippen LogP contribution < -0.4 is 14.5 Å². The lowest BCUT2D eigenvalue weighted by atomic mass is 10.0. The third-order valence-corrected chi connectivity index (χ3v) is 16.3. The highest BCUT2D eigenvalue weighted by Gasteiger charge is 2.53. The summed E-state index contributed by atoms with van der Waals surface area (Å²) in [5.41, 5.74) is 5.57. The van der Waals surface area contributed by atoms with Crippen LogP contribution in [0.1, 0.15) is 107 Å². The van der Waals surface area contributed by atoms with Crippen LogP contribution in [-0.4, -0.2) is 76.4 Å². The number of rotatable bonds is 15. The van der Waals surface area contributed by atoms with Gasteiger partial charge in [-0.2, -0.15) is 8.42 Å². The number of piperidine rings is 2. The maximum Gasteiger partial charge on any atom is 0.359 e. The molecule has 2 aliphatic heterocycles. The van der Waals surface area contributed by atoms with Crippen molar-refractivity contribution in [1.29, 1.82) is 0 Å². The Bertz CT molecular complexity index is 3290. The number of carbonyl (C=O) groups excluding carboxylic acids is 3. The molecule has 6 fully saturated rings. The minimum absolute atomic E-state index is 0.0106. The van der Waals surface area contributed by atoms with Gasteiger partial charge in [-0.1, -0.05) is 68.8 Å². The van der Waals surface area contributed by atoms with Gasteiger partial charge in [0.25, 0.3) is 5.91 Å². The van der Waals surface area contributed by atoms with Gasteiger partial charge in [0.15, 0.2) is 0 Å². The Kier molecular flexibility index (Phi) is 13.6. The molecule has 4 aromatic carbocycles. The maximum absolute atomic E-state index is 13.3. The summed E-state index contributed by atoms with van der Waals surface area (Å²) in [5.74, 6) is -0.400. The van der Waals surface area contributed by atoms with Crippen molar-refractivity contribution >= 4 is 91.8 Å². The molecule has 0 radical (unpaired) electrons. The molecule has 6 atom stereocenters. The molecular weight excluding hydrogens is 1060 g/mol. The standard InChI is InChI=1S/C26H23Cl2N3O7S.C26H22Cl2N2O5/c27-19-2-1-3-20(28)22(19)23-18(24(38-29-23)13-4-5-13)12-37-21-11-16-10-17(21)26(33)31(16)15-8-6-14(7-9-15)25(32)30-39(34,35)36;27-19-2-1-3-20(28)22(19)23-18(24(35-29-23)13-4-5-13)12-34-21-11-16-10-17(21)25(31)30(16)15-8-6-14(7-9-15)26(32)33/h1-3,6-9,13,16-17,21H,4-5,10-12H2,(H,30,32)(H,34,35,36);1-3,6-9,13,16-17,21H,4-5,10-12H2,(H,32,33)/t2*16-,17+,21+/m00/s1. The van der Waals surface area contributed by atoms with Gasteiger partial charge < -0.3 is 33.4 Å². The number of carboxylic acid groups (broad SMARTS) is 1. The highest BCUT2D eigenvalue weighted by Crippen LogP contribution is 2.50. The summed E-state index contributed by atoms with van der Waals surface area (Å²) in [6.45, 7) is 0.478. The van der Waals surface area contributed by atoms with E-state index in [0.29, 0.717) is 79.9 Å². The molecule has 0 unspecified atom stereocenters. The molecule has 17 nitrogen and oxygen atoms in total. The minimum atomic E-state index is -4.67. The number of hydrogen-bond acceptors (Lipinski definition) is 12. The lowest BCUT2D eigenvalue weighted by molar-refractivity contribution is -0.127. The third-order valence-electron chi connectivity index (χ3n) is 14.6. The van der Waals surface area contributed by atoms with Crippen LogP contribution in [0.5, 0.6) is 0 Å². The fourth-order valence-corrected chi connectivity index (χ4v) is 12.3. The number of carboxylic acids is 1. The van der Waals surface area contributed by atoms with Crippen molar-refractivity contribution in [1.82, 2.24) is 15.0 Å². The molecule has 0 spiro atoms. The van der Waals surface area contributed by atoms with Crippen molar-refractivity contribution < 1.29 is 55.8 Å². The van der Waals surface area contributed by atoms with Crippen molar-refractivity contribution in [3.8, 4) is 22.5 Å². The summed E-state index contributed by atoms with van der Waals surface area (Å²) in [5, 5.41) is 19.6. The van der Waals surface area contributed by atoms with Crippen LogP contribution in [0, 0.1) is 11.8 Å². The van der Waals surface area contributed by atoms with Gasteiger partial charge in [0.05, 0.1) is 62.9 Å². The maximum atomic E-state index is 13.3. The summed E-state index contributed by atoms with van der Waals surface area (Å²) in [6.07, 6.45) is 6.31. The van der Waals surface area contributed by atoms with E-state index < -0.39 is 22.2 Å². The van der Waals surface area contributed by atoms with Gasteiger partial charge in [-0.05, 0) is 124 Å². The molecule has 4 aliphatic carbocycles. The molecule has 6 aromatic rings. The highest BCUT2D eigenvalue weighted by atomic mass is 35.5. The largest absolute Gasteiger partial charge is 0.478 e. The number of halogens is 4. The summed E-state index contributed by atoms with van der Waals surface area (Å²) < 4.78 is 56.2. The first-order chi connectivity index (χ1) is 35.5. The van der Waals surface area contributed by atoms with Crippen LogP contribution in [-0.2, 0) is 42.6 Å². The Labute approximate surface area is 443 Å². The monoisotopic (exact) mass is 1100 g/mol.